The Kier molecular flexibility index (Phi) is 3.98. The number of sulfone groups is 1. The van der Waals surface area contributed by atoms with Crippen LogP contribution in [0.5, 0.6) is 0 Å². The lowest BCUT2D eigenvalue weighted by atomic mass is 10.2. The Bertz CT molecular complexity index is 757. The van der Waals surface area contributed by atoms with Gasteiger partial charge in [-0.3, -0.25) is 4.79 Å². The maximum Gasteiger partial charge on any atom is 0.253 e. The molecule has 1 heterocycles. The second-order valence-corrected chi connectivity index (χ2v) is 7.61. The van der Waals surface area contributed by atoms with E-state index in [1.807, 2.05) is 18.2 Å². The molecule has 22 heavy (non-hydrogen) atoms. The number of nitrogens with zero attached hydrogens (tertiary/aromatic N) is 1. The van der Waals surface area contributed by atoms with E-state index in [4.69, 9.17) is 0 Å². The van der Waals surface area contributed by atoms with Gasteiger partial charge in [0.15, 0.2) is 9.84 Å². The molecular formula is C17H17NO3S. The molecule has 0 spiro atoms. The van der Waals surface area contributed by atoms with Crippen LogP contribution in [0.2, 0.25) is 0 Å². The molecule has 1 aliphatic heterocycles. The van der Waals surface area contributed by atoms with Crippen molar-refractivity contribution in [2.24, 2.45) is 0 Å². The van der Waals surface area contributed by atoms with E-state index in [9.17, 15) is 13.2 Å². The van der Waals surface area contributed by atoms with Crippen molar-refractivity contribution in [2.45, 2.75) is 16.6 Å². The highest BCUT2D eigenvalue weighted by Crippen LogP contribution is 2.24. The molecule has 4 nitrogen and oxygen atoms in total. The minimum absolute atomic E-state index is 0.105. The molecule has 5 heteroatoms. The first kappa shape index (κ1) is 14.8. The standard InChI is InChI=1S/C17H17NO3S/c19-17(14-7-3-1-4-8-14)18-12-11-16(13-18)22(20,21)15-9-5-2-6-10-15/h1-10,16H,11-13H2. The zero-order chi connectivity index (χ0) is 15.6. The SMILES string of the molecule is O=C(c1ccccc1)N1CCC(S(=O)(=O)c2ccccc2)C1. The van der Waals surface area contributed by atoms with Crippen LogP contribution in [-0.4, -0.2) is 37.6 Å². The van der Waals surface area contributed by atoms with Crippen molar-refractivity contribution in [3.05, 3.63) is 66.2 Å². The van der Waals surface area contributed by atoms with Crippen LogP contribution >= 0.6 is 0 Å². The van der Waals surface area contributed by atoms with Gasteiger partial charge in [0.1, 0.15) is 0 Å². The highest BCUT2D eigenvalue weighted by atomic mass is 32.2. The van der Waals surface area contributed by atoms with E-state index in [2.05, 4.69) is 0 Å². The molecule has 114 valence electrons. The van der Waals surface area contributed by atoms with Gasteiger partial charge < -0.3 is 4.90 Å². The molecule has 2 aromatic carbocycles. The van der Waals surface area contributed by atoms with E-state index in [-0.39, 0.29) is 12.5 Å². The fourth-order valence-corrected chi connectivity index (χ4v) is 4.45. The lowest BCUT2D eigenvalue weighted by molar-refractivity contribution is 0.0793. The van der Waals surface area contributed by atoms with Crippen LogP contribution in [0.15, 0.2) is 65.6 Å². The molecular weight excluding hydrogens is 298 g/mol. The zero-order valence-electron chi connectivity index (χ0n) is 12.1. The van der Waals surface area contributed by atoms with Crippen molar-refractivity contribution < 1.29 is 13.2 Å². The van der Waals surface area contributed by atoms with E-state index >= 15 is 0 Å². The van der Waals surface area contributed by atoms with Crippen LogP contribution in [-0.2, 0) is 9.84 Å². The van der Waals surface area contributed by atoms with E-state index in [1.54, 1.807) is 47.4 Å². The number of amides is 1. The smallest absolute Gasteiger partial charge is 0.253 e. The third-order valence-corrected chi connectivity index (χ3v) is 6.16. The van der Waals surface area contributed by atoms with E-state index in [0.29, 0.717) is 23.4 Å². The molecule has 1 aliphatic rings. The number of carbonyl (C=O) groups excluding carboxylic acids is 1. The topological polar surface area (TPSA) is 54.5 Å². The molecule has 1 saturated heterocycles. The Morgan fingerprint density at radius 1 is 0.955 bits per heavy atom. The highest BCUT2D eigenvalue weighted by molar-refractivity contribution is 7.92. The monoisotopic (exact) mass is 315 g/mol. The summed E-state index contributed by atoms with van der Waals surface area (Å²) in [5.41, 5.74) is 0.597. The van der Waals surface area contributed by atoms with Gasteiger partial charge in [-0.2, -0.15) is 0 Å². The lowest BCUT2D eigenvalue weighted by Crippen LogP contribution is -2.31. The van der Waals surface area contributed by atoms with Crippen LogP contribution in [0.4, 0.5) is 0 Å². The van der Waals surface area contributed by atoms with Gasteiger partial charge in [-0.25, -0.2) is 8.42 Å². The summed E-state index contributed by atoms with van der Waals surface area (Å²) in [7, 11) is -3.38. The quantitative estimate of drug-likeness (QED) is 0.874. The van der Waals surface area contributed by atoms with Gasteiger partial charge in [-0.15, -0.1) is 0 Å². The largest absolute Gasteiger partial charge is 0.337 e. The second kappa shape index (κ2) is 5.93. The Morgan fingerprint density at radius 2 is 1.55 bits per heavy atom. The highest BCUT2D eigenvalue weighted by Gasteiger charge is 2.36. The average Bonchev–Trinajstić information content (AvgIpc) is 3.06. The predicted molar refractivity (Wildman–Crippen MR) is 84.4 cm³/mol. The number of hydrogen-bond acceptors (Lipinski definition) is 3. The Hall–Kier alpha value is -2.14. The minimum Gasteiger partial charge on any atom is -0.337 e. The summed E-state index contributed by atoms with van der Waals surface area (Å²) < 4.78 is 25.2. The summed E-state index contributed by atoms with van der Waals surface area (Å²) in [4.78, 5) is 14.3. The van der Waals surface area contributed by atoms with Gasteiger partial charge in [0.25, 0.3) is 5.91 Å². The van der Waals surface area contributed by atoms with Crippen LogP contribution in [0.25, 0.3) is 0 Å². The molecule has 1 atom stereocenters. The summed E-state index contributed by atoms with van der Waals surface area (Å²) >= 11 is 0. The van der Waals surface area contributed by atoms with Crippen molar-refractivity contribution in [2.75, 3.05) is 13.1 Å². The predicted octanol–water partition coefficient (Wildman–Crippen LogP) is 2.38. The Morgan fingerprint density at radius 3 is 2.18 bits per heavy atom. The summed E-state index contributed by atoms with van der Waals surface area (Å²) in [6, 6.07) is 17.4. The number of likely N-dealkylation sites (tertiary alicyclic amines) is 1. The molecule has 0 N–H and O–H groups in total. The fraction of sp³-hybridized carbons (Fsp3) is 0.235. The van der Waals surface area contributed by atoms with Gasteiger partial charge >= 0.3 is 0 Å². The molecule has 0 aliphatic carbocycles. The summed E-state index contributed by atoms with van der Waals surface area (Å²) in [5, 5.41) is -0.525. The van der Waals surface area contributed by atoms with Crippen LogP contribution in [0, 0.1) is 0 Å². The molecule has 3 rings (SSSR count). The third kappa shape index (κ3) is 2.76. The number of carbonyl (C=O) groups is 1. The van der Waals surface area contributed by atoms with Gasteiger partial charge in [-0.1, -0.05) is 36.4 Å². The minimum atomic E-state index is -3.38. The van der Waals surface area contributed by atoms with Gasteiger partial charge in [0.05, 0.1) is 10.1 Å². The third-order valence-electron chi connectivity index (χ3n) is 3.96. The average molecular weight is 315 g/mol. The molecule has 0 bridgehead atoms. The second-order valence-electron chi connectivity index (χ2n) is 5.39. The molecule has 2 aromatic rings. The van der Waals surface area contributed by atoms with Crippen LogP contribution in [0.3, 0.4) is 0 Å². The maximum absolute atomic E-state index is 12.6. The Balaban J connectivity index is 1.77. The molecule has 1 fully saturated rings. The molecule has 0 aromatic heterocycles. The summed E-state index contributed by atoms with van der Waals surface area (Å²) in [6.07, 6.45) is 0.482. The van der Waals surface area contributed by atoms with Crippen molar-refractivity contribution in [1.82, 2.24) is 4.90 Å². The van der Waals surface area contributed by atoms with Crippen molar-refractivity contribution in [1.29, 1.82) is 0 Å². The molecule has 1 amide bonds. The molecule has 1 unspecified atom stereocenters. The first-order valence-corrected chi connectivity index (χ1v) is 8.77. The van der Waals surface area contributed by atoms with Gasteiger partial charge in [0, 0.05) is 18.7 Å². The Labute approximate surface area is 130 Å². The normalized spacial score (nSPS) is 18.4. The number of benzene rings is 2. The zero-order valence-corrected chi connectivity index (χ0v) is 12.9. The van der Waals surface area contributed by atoms with Crippen molar-refractivity contribution in [3.8, 4) is 0 Å². The van der Waals surface area contributed by atoms with E-state index in [0.717, 1.165) is 0 Å². The van der Waals surface area contributed by atoms with E-state index < -0.39 is 15.1 Å². The number of rotatable bonds is 3. The van der Waals surface area contributed by atoms with Crippen LogP contribution in [0.1, 0.15) is 16.8 Å². The fourth-order valence-electron chi connectivity index (χ4n) is 2.73. The first-order valence-electron chi connectivity index (χ1n) is 7.22. The molecule has 0 saturated carbocycles. The van der Waals surface area contributed by atoms with Crippen molar-refractivity contribution in [3.63, 3.8) is 0 Å². The van der Waals surface area contributed by atoms with Crippen LogP contribution < -0.4 is 0 Å². The first-order chi connectivity index (χ1) is 10.6. The maximum atomic E-state index is 12.6. The van der Waals surface area contributed by atoms with Crippen molar-refractivity contribution >= 4 is 15.7 Å². The molecule has 0 radical (unpaired) electrons. The lowest BCUT2D eigenvalue weighted by Gasteiger charge is -2.17. The van der Waals surface area contributed by atoms with Gasteiger partial charge in [-0.05, 0) is 30.7 Å². The van der Waals surface area contributed by atoms with Gasteiger partial charge in [0.2, 0.25) is 0 Å². The number of hydrogen-bond donors (Lipinski definition) is 0. The summed E-state index contributed by atoms with van der Waals surface area (Å²) in [6.45, 7) is 0.732. The summed E-state index contributed by atoms with van der Waals surface area (Å²) in [5.74, 6) is -0.105. The van der Waals surface area contributed by atoms with E-state index in [1.165, 1.54) is 0 Å².